The fraction of sp³-hybridized carbons (Fsp3) is 0.667. The number of aromatic nitrogens is 2. The molecule has 0 radical (unpaired) electrons. The maximum atomic E-state index is 14.5. The molecule has 1 aromatic heterocycles. The predicted octanol–water partition coefficient (Wildman–Crippen LogP) is 0.643. The van der Waals surface area contributed by atoms with Crippen LogP contribution in [0, 0.1) is 6.92 Å². The first-order chi connectivity index (χ1) is 10.5. The summed E-state index contributed by atoms with van der Waals surface area (Å²) < 4.78 is 19.4. The Kier molecular flexibility index (Phi) is 3.86. The third kappa shape index (κ3) is 2.28. The lowest BCUT2D eigenvalue weighted by Crippen LogP contribution is -2.68. The summed E-state index contributed by atoms with van der Waals surface area (Å²) in [5.74, 6) is 0.477. The number of fused-ring (bicyclic) bond motifs is 2. The fourth-order valence-corrected chi connectivity index (χ4v) is 3.41. The van der Waals surface area contributed by atoms with Crippen molar-refractivity contribution in [3.8, 4) is 0 Å². The summed E-state index contributed by atoms with van der Waals surface area (Å²) in [6, 6.07) is 0. The van der Waals surface area contributed by atoms with Crippen LogP contribution in [0.1, 0.15) is 23.5 Å². The molecule has 1 saturated heterocycles. The van der Waals surface area contributed by atoms with E-state index in [0.717, 1.165) is 11.3 Å². The Labute approximate surface area is 129 Å². The minimum Gasteiger partial charge on any atom is -0.385 e. The molecule has 0 N–H and O–H groups in total. The van der Waals surface area contributed by atoms with E-state index in [-0.39, 0.29) is 25.5 Å². The second kappa shape index (κ2) is 5.55. The smallest absolute Gasteiger partial charge is 0.240 e. The van der Waals surface area contributed by atoms with Gasteiger partial charge in [0.25, 0.3) is 0 Å². The van der Waals surface area contributed by atoms with Crippen LogP contribution in [0.4, 0.5) is 4.39 Å². The van der Waals surface area contributed by atoms with Gasteiger partial charge >= 0.3 is 0 Å². The number of carbonyl (C=O) groups is 1. The largest absolute Gasteiger partial charge is 0.385 e. The average Bonchev–Trinajstić information content (AvgIpc) is 2.46. The van der Waals surface area contributed by atoms with Crippen LogP contribution in [0.15, 0.2) is 6.20 Å². The van der Waals surface area contributed by atoms with Gasteiger partial charge in [0.05, 0.1) is 18.8 Å². The maximum absolute atomic E-state index is 14.5. The highest BCUT2D eigenvalue weighted by Gasteiger charge is 2.56. The van der Waals surface area contributed by atoms with E-state index in [1.807, 2.05) is 18.9 Å². The highest BCUT2D eigenvalue weighted by Crippen LogP contribution is 2.41. The first kappa shape index (κ1) is 15.3. The molecule has 120 valence electrons. The van der Waals surface area contributed by atoms with Gasteiger partial charge in [0.15, 0.2) is 6.30 Å². The van der Waals surface area contributed by atoms with Gasteiger partial charge in [-0.3, -0.25) is 4.79 Å². The summed E-state index contributed by atoms with van der Waals surface area (Å²) in [6.45, 7) is 3.47. The summed E-state index contributed by atoms with van der Waals surface area (Å²) >= 11 is 0. The van der Waals surface area contributed by atoms with Gasteiger partial charge in [-0.1, -0.05) is 0 Å². The highest BCUT2D eigenvalue weighted by atomic mass is 19.1. The van der Waals surface area contributed by atoms with E-state index >= 15 is 0 Å². The Morgan fingerprint density at radius 3 is 2.86 bits per heavy atom. The van der Waals surface area contributed by atoms with Crippen molar-refractivity contribution in [1.82, 2.24) is 19.8 Å². The molecule has 7 heteroatoms. The second-order valence-electron chi connectivity index (χ2n) is 6.19. The van der Waals surface area contributed by atoms with Gasteiger partial charge in [0.2, 0.25) is 5.91 Å². The molecule has 0 aliphatic carbocycles. The molecule has 6 nitrogen and oxygen atoms in total. The van der Waals surface area contributed by atoms with E-state index in [1.54, 1.807) is 6.20 Å². The van der Waals surface area contributed by atoms with E-state index < -0.39 is 11.7 Å². The predicted molar refractivity (Wildman–Crippen MR) is 77.9 cm³/mol. The van der Waals surface area contributed by atoms with Crippen LogP contribution in [0.25, 0.3) is 0 Å². The number of nitrogens with zero attached hydrogens (tertiary/aromatic N) is 4. The first-order valence-electron chi connectivity index (χ1n) is 7.43. The SMILES string of the molecule is COCCC(F)N1Cc2cnc(C)nc2C2(CN(C)C2)C1=O. The van der Waals surface area contributed by atoms with E-state index in [0.29, 0.717) is 18.9 Å². The summed E-state index contributed by atoms with van der Waals surface area (Å²) in [6.07, 6.45) is 0.556. The number of carbonyl (C=O) groups excluding carboxylic acids is 1. The molecule has 3 heterocycles. The summed E-state index contributed by atoms with van der Waals surface area (Å²) in [5.41, 5.74) is 0.907. The Balaban J connectivity index is 1.96. The maximum Gasteiger partial charge on any atom is 0.240 e. The number of halogens is 1. The summed E-state index contributed by atoms with van der Waals surface area (Å²) in [5, 5.41) is 0. The van der Waals surface area contributed by atoms with Crippen molar-refractivity contribution in [2.75, 3.05) is 33.9 Å². The van der Waals surface area contributed by atoms with E-state index in [1.165, 1.54) is 12.0 Å². The van der Waals surface area contributed by atoms with Crippen LogP contribution in [0.3, 0.4) is 0 Å². The topological polar surface area (TPSA) is 58.6 Å². The number of aryl methyl sites for hydroxylation is 1. The molecule has 0 bridgehead atoms. The Morgan fingerprint density at radius 1 is 1.50 bits per heavy atom. The molecule has 0 aromatic carbocycles. The van der Waals surface area contributed by atoms with Gasteiger partial charge in [0.1, 0.15) is 11.2 Å². The van der Waals surface area contributed by atoms with Gasteiger partial charge in [-0.2, -0.15) is 0 Å². The summed E-state index contributed by atoms with van der Waals surface area (Å²) in [7, 11) is 3.47. The normalized spacial score (nSPS) is 21.6. The molecule has 1 amide bonds. The van der Waals surface area contributed by atoms with Crippen molar-refractivity contribution in [2.45, 2.75) is 31.6 Å². The third-order valence-corrected chi connectivity index (χ3v) is 4.43. The standard InChI is InChI=1S/C15H21FN4O2/c1-10-17-6-11-7-20(12(16)4-5-22-3)14(21)15(13(11)18-10)8-19(2)9-15/h6,12H,4-5,7-9H2,1-3H3. The zero-order chi connectivity index (χ0) is 15.9. The van der Waals surface area contributed by atoms with Gasteiger partial charge in [-0.25, -0.2) is 14.4 Å². The number of rotatable bonds is 4. The molecule has 1 aromatic rings. The van der Waals surface area contributed by atoms with Gasteiger partial charge < -0.3 is 14.5 Å². The quantitative estimate of drug-likeness (QED) is 0.764. The van der Waals surface area contributed by atoms with Gasteiger partial charge in [0, 0.05) is 38.4 Å². The number of hydrogen-bond donors (Lipinski definition) is 0. The molecule has 1 spiro atoms. The minimum absolute atomic E-state index is 0.167. The van der Waals surface area contributed by atoms with Crippen LogP contribution in [0.5, 0.6) is 0 Å². The van der Waals surface area contributed by atoms with Crippen molar-refractivity contribution in [2.24, 2.45) is 0 Å². The van der Waals surface area contributed by atoms with Crippen molar-refractivity contribution in [3.05, 3.63) is 23.3 Å². The van der Waals surface area contributed by atoms with Crippen LogP contribution >= 0.6 is 0 Å². The van der Waals surface area contributed by atoms with Crippen LogP contribution in [-0.2, 0) is 21.5 Å². The molecule has 1 fully saturated rings. The molecular formula is C15H21FN4O2. The van der Waals surface area contributed by atoms with Crippen molar-refractivity contribution < 1.29 is 13.9 Å². The van der Waals surface area contributed by atoms with Crippen LogP contribution < -0.4 is 0 Å². The summed E-state index contributed by atoms with van der Waals surface area (Å²) in [4.78, 5) is 25.0. The van der Waals surface area contributed by atoms with Crippen molar-refractivity contribution >= 4 is 5.91 Å². The van der Waals surface area contributed by atoms with Crippen LogP contribution in [-0.4, -0.2) is 65.8 Å². The number of ether oxygens (including phenoxy) is 1. The molecule has 3 rings (SSSR count). The van der Waals surface area contributed by atoms with E-state index in [2.05, 4.69) is 9.97 Å². The number of alkyl halides is 1. The average molecular weight is 308 g/mol. The van der Waals surface area contributed by atoms with E-state index in [9.17, 15) is 9.18 Å². The fourth-order valence-electron chi connectivity index (χ4n) is 3.41. The zero-order valence-corrected chi connectivity index (χ0v) is 13.2. The molecule has 0 saturated carbocycles. The third-order valence-electron chi connectivity index (χ3n) is 4.43. The lowest BCUT2D eigenvalue weighted by Gasteiger charge is -2.52. The highest BCUT2D eigenvalue weighted by molar-refractivity contribution is 5.91. The van der Waals surface area contributed by atoms with E-state index in [4.69, 9.17) is 4.74 Å². The van der Waals surface area contributed by atoms with Crippen LogP contribution in [0.2, 0.25) is 0 Å². The lowest BCUT2D eigenvalue weighted by molar-refractivity contribution is -0.154. The number of likely N-dealkylation sites (N-methyl/N-ethyl adjacent to an activating group) is 1. The Hall–Kier alpha value is -1.60. The number of methoxy groups -OCH3 is 1. The molecule has 22 heavy (non-hydrogen) atoms. The molecule has 2 aliphatic rings. The zero-order valence-electron chi connectivity index (χ0n) is 13.2. The van der Waals surface area contributed by atoms with Gasteiger partial charge in [-0.15, -0.1) is 0 Å². The number of amides is 1. The molecule has 2 aliphatic heterocycles. The Morgan fingerprint density at radius 2 is 2.23 bits per heavy atom. The molecular weight excluding hydrogens is 287 g/mol. The second-order valence-corrected chi connectivity index (χ2v) is 6.19. The molecule has 1 unspecified atom stereocenters. The first-order valence-corrected chi connectivity index (χ1v) is 7.43. The monoisotopic (exact) mass is 308 g/mol. The number of hydrogen-bond acceptors (Lipinski definition) is 5. The lowest BCUT2D eigenvalue weighted by atomic mass is 9.72. The van der Waals surface area contributed by atoms with Gasteiger partial charge in [-0.05, 0) is 14.0 Å². The molecule has 1 atom stereocenters. The Bertz CT molecular complexity index is 589. The minimum atomic E-state index is -1.34. The van der Waals surface area contributed by atoms with Crippen molar-refractivity contribution in [3.63, 3.8) is 0 Å². The number of likely N-dealkylation sites (tertiary alicyclic amines) is 1. The van der Waals surface area contributed by atoms with Crippen molar-refractivity contribution in [1.29, 1.82) is 0 Å².